The zero-order valence-electron chi connectivity index (χ0n) is 16.6. The summed E-state index contributed by atoms with van der Waals surface area (Å²) in [5.74, 6) is 2.44. The molecule has 150 valence electrons. The zero-order valence-corrected chi connectivity index (χ0v) is 16.6. The maximum absolute atomic E-state index is 6.01. The SMILES string of the molecule is COc1ccc(OC)c(NC(N)=NCCOc2ccccc2-c2ccccc2)c1. The minimum atomic E-state index is 0.275. The molecule has 0 aromatic heterocycles. The molecule has 0 amide bonds. The first kappa shape index (κ1) is 20.1. The molecule has 0 saturated carbocycles. The Balaban J connectivity index is 1.60. The first-order chi connectivity index (χ1) is 14.2. The molecule has 0 bridgehead atoms. The molecule has 0 aliphatic carbocycles. The zero-order chi connectivity index (χ0) is 20.5. The average Bonchev–Trinajstić information content (AvgIpc) is 2.77. The minimum absolute atomic E-state index is 0.275. The van der Waals surface area contributed by atoms with Gasteiger partial charge in [0.05, 0.1) is 26.5 Å². The highest BCUT2D eigenvalue weighted by molar-refractivity contribution is 5.94. The van der Waals surface area contributed by atoms with Gasteiger partial charge < -0.3 is 25.3 Å². The Kier molecular flexibility index (Phi) is 6.95. The third kappa shape index (κ3) is 5.42. The Hall–Kier alpha value is -3.67. The second-order valence-electron chi connectivity index (χ2n) is 6.17. The van der Waals surface area contributed by atoms with Crippen LogP contribution in [-0.4, -0.2) is 33.3 Å². The van der Waals surface area contributed by atoms with E-state index in [-0.39, 0.29) is 5.96 Å². The second-order valence-corrected chi connectivity index (χ2v) is 6.17. The van der Waals surface area contributed by atoms with Crippen molar-refractivity contribution in [2.75, 3.05) is 32.7 Å². The van der Waals surface area contributed by atoms with Crippen LogP contribution in [0.5, 0.6) is 17.2 Å². The van der Waals surface area contributed by atoms with E-state index in [0.29, 0.717) is 30.3 Å². The lowest BCUT2D eigenvalue weighted by molar-refractivity contribution is 0.330. The van der Waals surface area contributed by atoms with Gasteiger partial charge in [0.2, 0.25) is 0 Å². The predicted octanol–water partition coefficient (Wildman–Crippen LogP) is 4.18. The van der Waals surface area contributed by atoms with Gasteiger partial charge in [-0.3, -0.25) is 0 Å². The van der Waals surface area contributed by atoms with Crippen LogP contribution in [0.25, 0.3) is 11.1 Å². The number of hydrogen-bond acceptors (Lipinski definition) is 4. The summed E-state index contributed by atoms with van der Waals surface area (Å²) in [6.45, 7) is 0.815. The standard InChI is InChI=1S/C23H25N3O3/c1-27-18-12-13-22(28-2)20(16-18)26-23(24)25-14-15-29-21-11-7-6-10-19(21)17-8-4-3-5-9-17/h3-13,16H,14-15H2,1-2H3,(H3,24,25,26). The number of nitrogens with one attached hydrogen (secondary N) is 1. The van der Waals surface area contributed by atoms with Crippen LogP contribution in [-0.2, 0) is 0 Å². The van der Waals surface area contributed by atoms with Crippen molar-refractivity contribution in [2.45, 2.75) is 0 Å². The molecule has 3 rings (SSSR count). The summed E-state index contributed by atoms with van der Waals surface area (Å²) < 4.78 is 16.5. The summed E-state index contributed by atoms with van der Waals surface area (Å²) in [7, 11) is 3.20. The molecule has 6 heteroatoms. The Morgan fingerprint density at radius 3 is 2.41 bits per heavy atom. The van der Waals surface area contributed by atoms with E-state index in [2.05, 4.69) is 22.4 Å². The molecule has 3 N–H and O–H groups in total. The van der Waals surface area contributed by atoms with Crippen molar-refractivity contribution in [3.8, 4) is 28.4 Å². The number of nitrogens with zero attached hydrogens (tertiary/aromatic N) is 1. The molecule has 3 aromatic carbocycles. The van der Waals surface area contributed by atoms with Gasteiger partial charge in [0.15, 0.2) is 5.96 Å². The number of hydrogen-bond donors (Lipinski definition) is 2. The van der Waals surface area contributed by atoms with Gasteiger partial charge in [-0.2, -0.15) is 0 Å². The molecule has 3 aromatic rings. The van der Waals surface area contributed by atoms with Crippen molar-refractivity contribution in [1.82, 2.24) is 0 Å². The van der Waals surface area contributed by atoms with Crippen molar-refractivity contribution in [3.63, 3.8) is 0 Å². The van der Waals surface area contributed by atoms with Gasteiger partial charge in [-0.1, -0.05) is 48.5 Å². The normalized spacial score (nSPS) is 11.0. The number of anilines is 1. The number of aliphatic imine (C=N–C) groups is 1. The van der Waals surface area contributed by atoms with Crippen LogP contribution < -0.4 is 25.3 Å². The van der Waals surface area contributed by atoms with Crippen LogP contribution in [0.1, 0.15) is 0 Å². The first-order valence-electron chi connectivity index (χ1n) is 9.27. The second kappa shape index (κ2) is 10.0. The largest absolute Gasteiger partial charge is 0.497 e. The van der Waals surface area contributed by atoms with Gasteiger partial charge in [0, 0.05) is 11.6 Å². The molecular formula is C23H25N3O3. The number of ether oxygens (including phenoxy) is 3. The summed E-state index contributed by atoms with van der Waals surface area (Å²) in [6.07, 6.45) is 0. The molecule has 0 heterocycles. The van der Waals surface area contributed by atoms with E-state index in [1.54, 1.807) is 26.4 Å². The predicted molar refractivity (Wildman–Crippen MR) is 117 cm³/mol. The van der Waals surface area contributed by atoms with Crippen LogP contribution in [0, 0.1) is 0 Å². The van der Waals surface area contributed by atoms with Crippen LogP contribution >= 0.6 is 0 Å². The van der Waals surface area contributed by atoms with E-state index in [0.717, 1.165) is 16.9 Å². The molecule has 6 nitrogen and oxygen atoms in total. The average molecular weight is 391 g/mol. The van der Waals surface area contributed by atoms with Crippen molar-refractivity contribution < 1.29 is 14.2 Å². The van der Waals surface area contributed by atoms with Crippen LogP contribution in [0.4, 0.5) is 5.69 Å². The fourth-order valence-electron chi connectivity index (χ4n) is 2.86. The van der Waals surface area contributed by atoms with Crippen LogP contribution in [0.2, 0.25) is 0 Å². The minimum Gasteiger partial charge on any atom is -0.497 e. The Bertz CT molecular complexity index is 959. The van der Waals surface area contributed by atoms with Crippen LogP contribution in [0.15, 0.2) is 77.8 Å². The Morgan fingerprint density at radius 2 is 1.66 bits per heavy atom. The number of para-hydroxylation sites is 1. The summed E-state index contributed by atoms with van der Waals surface area (Å²) in [6, 6.07) is 23.5. The van der Waals surface area contributed by atoms with Crippen molar-refractivity contribution in [1.29, 1.82) is 0 Å². The summed E-state index contributed by atoms with van der Waals surface area (Å²) in [5.41, 5.74) is 8.85. The van der Waals surface area contributed by atoms with E-state index in [4.69, 9.17) is 19.9 Å². The molecule has 0 saturated heterocycles. The summed E-state index contributed by atoms with van der Waals surface area (Å²) in [5, 5.41) is 3.04. The third-order valence-electron chi connectivity index (χ3n) is 4.27. The molecule has 0 aliphatic heterocycles. The lowest BCUT2D eigenvalue weighted by atomic mass is 10.1. The fourth-order valence-corrected chi connectivity index (χ4v) is 2.86. The van der Waals surface area contributed by atoms with E-state index in [1.807, 2.05) is 48.5 Å². The van der Waals surface area contributed by atoms with E-state index >= 15 is 0 Å². The fraction of sp³-hybridized carbons (Fsp3) is 0.174. The summed E-state index contributed by atoms with van der Waals surface area (Å²) >= 11 is 0. The maximum Gasteiger partial charge on any atom is 0.193 e. The molecule has 0 unspecified atom stereocenters. The lowest BCUT2D eigenvalue weighted by Crippen LogP contribution is -2.24. The molecular weight excluding hydrogens is 366 g/mol. The topological polar surface area (TPSA) is 78.1 Å². The van der Waals surface area contributed by atoms with Gasteiger partial charge in [-0.15, -0.1) is 0 Å². The number of guanidine groups is 1. The number of nitrogens with two attached hydrogens (primary N) is 1. The number of benzene rings is 3. The van der Waals surface area contributed by atoms with E-state index in [9.17, 15) is 0 Å². The van der Waals surface area contributed by atoms with Gasteiger partial charge >= 0.3 is 0 Å². The van der Waals surface area contributed by atoms with E-state index in [1.165, 1.54) is 0 Å². The van der Waals surface area contributed by atoms with Gasteiger partial charge in [-0.25, -0.2) is 4.99 Å². The summed E-state index contributed by atoms with van der Waals surface area (Å²) in [4.78, 5) is 4.33. The van der Waals surface area contributed by atoms with Crippen LogP contribution in [0.3, 0.4) is 0 Å². The molecule has 0 radical (unpaired) electrons. The van der Waals surface area contributed by atoms with E-state index < -0.39 is 0 Å². The molecule has 29 heavy (non-hydrogen) atoms. The lowest BCUT2D eigenvalue weighted by Gasteiger charge is -2.13. The highest BCUT2D eigenvalue weighted by Crippen LogP contribution is 2.30. The first-order valence-corrected chi connectivity index (χ1v) is 9.27. The van der Waals surface area contributed by atoms with Crippen molar-refractivity contribution in [2.24, 2.45) is 10.7 Å². The molecule has 0 fully saturated rings. The highest BCUT2D eigenvalue weighted by Gasteiger charge is 2.07. The third-order valence-corrected chi connectivity index (χ3v) is 4.27. The van der Waals surface area contributed by atoms with Crippen molar-refractivity contribution in [3.05, 3.63) is 72.8 Å². The Labute approximate surface area is 170 Å². The van der Waals surface area contributed by atoms with Gasteiger partial charge in [-0.05, 0) is 23.8 Å². The maximum atomic E-state index is 6.01. The quantitative estimate of drug-likeness (QED) is 0.342. The molecule has 0 aliphatic rings. The molecule has 0 atom stereocenters. The number of rotatable bonds is 8. The van der Waals surface area contributed by atoms with Gasteiger partial charge in [0.25, 0.3) is 0 Å². The smallest absolute Gasteiger partial charge is 0.193 e. The molecule has 0 spiro atoms. The Morgan fingerprint density at radius 1 is 0.897 bits per heavy atom. The number of methoxy groups -OCH3 is 2. The highest BCUT2D eigenvalue weighted by atomic mass is 16.5. The van der Waals surface area contributed by atoms with Gasteiger partial charge in [0.1, 0.15) is 23.9 Å². The monoisotopic (exact) mass is 391 g/mol. The van der Waals surface area contributed by atoms with Crippen molar-refractivity contribution >= 4 is 11.6 Å².